The first-order valence-electron chi connectivity index (χ1n) is 32.9. The third-order valence-corrected chi connectivity index (χ3v) is 21.7. The molecule has 0 fully saturated rings. The van der Waals surface area contributed by atoms with E-state index in [1.165, 1.54) is 67.2 Å². The van der Waals surface area contributed by atoms with Crippen molar-refractivity contribution in [2.45, 2.75) is 237 Å². The van der Waals surface area contributed by atoms with E-state index in [1.54, 1.807) is 0 Å². The zero-order chi connectivity index (χ0) is 63.1. The Bertz CT molecular complexity index is 3320. The third-order valence-electron chi connectivity index (χ3n) is 21.7. The van der Waals surface area contributed by atoms with Crippen molar-refractivity contribution in [3.8, 4) is 0 Å². The highest BCUT2D eigenvalue weighted by atomic mass is 16.1. The predicted molar refractivity (Wildman–Crippen MR) is 354 cm³/mol. The van der Waals surface area contributed by atoms with Gasteiger partial charge in [0, 0.05) is 105 Å². The maximum Gasteiger partial charge on any atom is 0.160 e. The fraction of sp³-hybridized carbons (Fsp3) is 0.538. The van der Waals surface area contributed by atoms with Crippen LogP contribution in [0.15, 0.2) is 124 Å². The van der Waals surface area contributed by atoms with Crippen molar-refractivity contribution in [2.75, 3.05) is 0 Å². The van der Waals surface area contributed by atoms with Gasteiger partial charge in [0.05, 0.1) is 17.1 Å². The van der Waals surface area contributed by atoms with Crippen LogP contribution in [0.25, 0.3) is 0 Å². The SMILES string of the molecule is CCC(C)(C)Cc1n[nH]c2c1C(C)(c1ccccc1)C1=C(C2)CC(C)(C)CC1=O.CCC(C)(C)Cc1n[nH]c2c1[C@@](C)(c1ccccc1)C1=C(C2)CC(C)(C)CC1=O.CCC(C)(C)Cc1n[nH]c2c1[C@](C)(c1ccccc1)C1=C(C2)CC(C)(C)CC1=O. The molecule has 12 rings (SSSR count). The second kappa shape index (κ2) is 22.8. The normalized spacial score (nSPS) is 23.7. The van der Waals surface area contributed by atoms with Crippen LogP contribution in [0.1, 0.15) is 250 Å². The summed E-state index contributed by atoms with van der Waals surface area (Å²) in [6.45, 7) is 40.6. The second-order valence-corrected chi connectivity index (χ2v) is 32.4. The molecule has 9 heteroatoms. The number of carbonyl (C=O) groups excluding carboxylic acids is 3. The van der Waals surface area contributed by atoms with Gasteiger partial charge in [-0.25, -0.2) is 0 Å². The van der Waals surface area contributed by atoms with Gasteiger partial charge < -0.3 is 0 Å². The van der Waals surface area contributed by atoms with Gasteiger partial charge in [-0.2, -0.15) is 15.3 Å². The lowest BCUT2D eigenvalue weighted by Gasteiger charge is -2.44. The summed E-state index contributed by atoms with van der Waals surface area (Å²) >= 11 is 0. The number of nitrogens with zero attached hydrogens (tertiary/aromatic N) is 3. The van der Waals surface area contributed by atoms with E-state index in [4.69, 9.17) is 15.3 Å². The van der Waals surface area contributed by atoms with Crippen LogP contribution in [0.2, 0.25) is 0 Å². The van der Waals surface area contributed by atoms with Crippen LogP contribution >= 0.6 is 0 Å². The van der Waals surface area contributed by atoms with Crippen molar-refractivity contribution in [1.82, 2.24) is 30.6 Å². The molecule has 3 atom stereocenters. The highest BCUT2D eigenvalue weighted by Crippen LogP contribution is 2.57. The summed E-state index contributed by atoms with van der Waals surface area (Å²) in [6.07, 6.45) is 13.3. The number of aromatic amines is 3. The number of fused-ring (bicyclic) bond motifs is 3. The average molecular weight is 1170 g/mol. The van der Waals surface area contributed by atoms with Crippen LogP contribution in [0, 0.1) is 32.5 Å². The minimum Gasteiger partial charge on any atom is -0.294 e. The molecule has 0 saturated heterocycles. The Morgan fingerprint density at radius 3 is 0.816 bits per heavy atom. The molecular formula is C78H102N6O3. The minimum atomic E-state index is -0.441. The molecule has 87 heavy (non-hydrogen) atoms. The molecule has 6 aliphatic rings. The van der Waals surface area contributed by atoms with Crippen LogP contribution in [0.3, 0.4) is 0 Å². The van der Waals surface area contributed by atoms with E-state index in [0.29, 0.717) is 36.6 Å². The van der Waals surface area contributed by atoms with Crippen molar-refractivity contribution in [3.63, 3.8) is 0 Å². The van der Waals surface area contributed by atoms with Gasteiger partial charge in [-0.3, -0.25) is 29.7 Å². The van der Waals surface area contributed by atoms with E-state index in [1.807, 2.05) is 18.2 Å². The summed E-state index contributed by atoms with van der Waals surface area (Å²) in [5.41, 5.74) is 20.6. The lowest BCUT2D eigenvalue weighted by Crippen LogP contribution is -2.41. The molecule has 3 heterocycles. The topological polar surface area (TPSA) is 137 Å². The smallest absolute Gasteiger partial charge is 0.160 e. The largest absolute Gasteiger partial charge is 0.294 e. The molecule has 1 unspecified atom stereocenters. The molecule has 6 aliphatic carbocycles. The first-order valence-corrected chi connectivity index (χ1v) is 32.9. The van der Waals surface area contributed by atoms with Gasteiger partial charge in [0.15, 0.2) is 17.3 Å². The number of ketones is 3. The summed E-state index contributed by atoms with van der Waals surface area (Å²) in [6, 6.07) is 31.7. The summed E-state index contributed by atoms with van der Waals surface area (Å²) in [5, 5.41) is 24.6. The molecule has 3 N–H and O–H groups in total. The zero-order valence-corrected chi connectivity index (χ0v) is 56.3. The number of H-pyrrole nitrogens is 3. The molecule has 9 nitrogen and oxygen atoms in total. The predicted octanol–water partition coefficient (Wildman–Crippen LogP) is 17.8. The molecule has 0 saturated carbocycles. The molecule has 0 aliphatic heterocycles. The van der Waals surface area contributed by atoms with Gasteiger partial charge in [-0.15, -0.1) is 0 Å². The van der Waals surface area contributed by atoms with E-state index in [0.717, 1.165) is 111 Å². The van der Waals surface area contributed by atoms with E-state index >= 15 is 0 Å². The number of Topliss-reactive ketones (excluding diaryl/α,β-unsaturated/α-hetero) is 3. The van der Waals surface area contributed by atoms with Gasteiger partial charge in [0.2, 0.25) is 0 Å². The Morgan fingerprint density at radius 1 is 0.368 bits per heavy atom. The van der Waals surface area contributed by atoms with Gasteiger partial charge in [-0.1, -0.05) is 231 Å². The van der Waals surface area contributed by atoms with Crippen molar-refractivity contribution < 1.29 is 14.4 Å². The van der Waals surface area contributed by atoms with Crippen LogP contribution < -0.4 is 0 Å². The first-order chi connectivity index (χ1) is 40.7. The standard InChI is InChI=1S/3C26H34N2O/c3*1-7-24(2,3)15-20-23-19(27-28-20)13-17-14-25(4,5)16-21(29)22(17)26(23,6)18-11-9-8-10-12-18/h3*8-12H,7,13-16H2,1-6H3,(H,27,28)/t2*26-;/m10./s1. The molecule has 0 amide bonds. The van der Waals surface area contributed by atoms with E-state index in [9.17, 15) is 14.4 Å². The summed E-state index contributed by atoms with van der Waals surface area (Å²) < 4.78 is 0. The number of nitrogens with one attached hydrogen (secondary N) is 3. The molecule has 0 spiro atoms. The number of allylic oxidation sites excluding steroid dienone is 6. The molecule has 0 radical (unpaired) electrons. The molecule has 3 aromatic heterocycles. The molecule has 0 bridgehead atoms. The lowest BCUT2D eigenvalue weighted by atomic mass is 9.58. The fourth-order valence-corrected chi connectivity index (χ4v) is 16.4. The van der Waals surface area contributed by atoms with Crippen LogP contribution in [0.4, 0.5) is 0 Å². The third kappa shape index (κ3) is 11.9. The Kier molecular flexibility index (Phi) is 16.7. The zero-order valence-electron chi connectivity index (χ0n) is 56.3. The maximum absolute atomic E-state index is 13.5. The van der Waals surface area contributed by atoms with Crippen LogP contribution in [-0.2, 0) is 69.2 Å². The monoisotopic (exact) mass is 1170 g/mol. The van der Waals surface area contributed by atoms with Crippen LogP contribution in [0.5, 0.6) is 0 Å². The maximum atomic E-state index is 13.5. The van der Waals surface area contributed by atoms with E-state index in [-0.39, 0.29) is 32.5 Å². The van der Waals surface area contributed by atoms with Gasteiger partial charge in [-0.05, 0) is 108 Å². The molecular weight excluding hydrogens is 1070 g/mol. The Morgan fingerprint density at radius 2 is 0.598 bits per heavy atom. The number of hydrogen-bond donors (Lipinski definition) is 3. The Balaban J connectivity index is 0.000000144. The summed E-state index contributed by atoms with van der Waals surface area (Å²) in [7, 11) is 0. The van der Waals surface area contributed by atoms with Gasteiger partial charge in [0.25, 0.3) is 0 Å². The van der Waals surface area contributed by atoms with Crippen molar-refractivity contribution in [2.24, 2.45) is 32.5 Å². The Hall–Kier alpha value is -6.48. The number of carbonyl (C=O) groups is 3. The number of hydrogen-bond acceptors (Lipinski definition) is 6. The minimum absolute atomic E-state index is 0.0259. The highest BCUT2D eigenvalue weighted by Gasteiger charge is 2.53. The quantitative estimate of drug-likeness (QED) is 0.112. The van der Waals surface area contributed by atoms with Gasteiger partial charge >= 0.3 is 0 Å². The molecule has 3 aromatic carbocycles. The summed E-state index contributed by atoms with van der Waals surface area (Å²) in [5.74, 6) is 0.945. The Labute approximate surface area is 521 Å². The molecule has 6 aromatic rings. The van der Waals surface area contributed by atoms with Crippen LogP contribution in [-0.4, -0.2) is 47.9 Å². The molecule has 462 valence electrons. The van der Waals surface area contributed by atoms with Crippen molar-refractivity contribution >= 4 is 17.3 Å². The van der Waals surface area contributed by atoms with Crippen molar-refractivity contribution in [3.05, 3.63) is 192 Å². The number of rotatable bonds is 12. The fourth-order valence-electron chi connectivity index (χ4n) is 16.4. The number of benzene rings is 3. The van der Waals surface area contributed by atoms with Crippen molar-refractivity contribution in [1.29, 1.82) is 0 Å². The summed E-state index contributed by atoms with van der Waals surface area (Å²) in [4.78, 5) is 40.6. The first kappa shape index (κ1) is 63.5. The van der Waals surface area contributed by atoms with E-state index in [2.05, 4.69) is 213 Å². The lowest BCUT2D eigenvalue weighted by molar-refractivity contribution is -0.119. The van der Waals surface area contributed by atoms with E-state index < -0.39 is 16.2 Å². The van der Waals surface area contributed by atoms with Gasteiger partial charge in [0.1, 0.15) is 0 Å². The highest BCUT2D eigenvalue weighted by molar-refractivity contribution is 6.03. The average Bonchev–Trinajstić information content (AvgIpc) is 1.73. The second-order valence-electron chi connectivity index (χ2n) is 32.4. The number of aromatic nitrogens is 6.